The van der Waals surface area contributed by atoms with Crippen molar-refractivity contribution in [2.75, 3.05) is 13.1 Å². The molecule has 7 heteroatoms. The monoisotopic (exact) mass is 303 g/mol. The maximum atomic E-state index is 12.2. The van der Waals surface area contributed by atoms with Gasteiger partial charge in [0.25, 0.3) is 0 Å². The standard InChI is InChI=1S/C12H18ClN3O2S/c1-9-6-11(12(13)15-7-9)19(17,18)16-8-10-4-2-3-5-14-10/h6-7,10,14,16H,2-5,8H2,1H3. The van der Waals surface area contributed by atoms with Crippen LogP contribution in [0.2, 0.25) is 5.15 Å². The van der Waals surface area contributed by atoms with Crippen molar-refractivity contribution in [3.63, 3.8) is 0 Å². The highest BCUT2D eigenvalue weighted by atomic mass is 35.5. The third kappa shape index (κ3) is 3.89. The zero-order chi connectivity index (χ0) is 13.9. The number of nitrogens with zero attached hydrogens (tertiary/aromatic N) is 1. The summed E-state index contributed by atoms with van der Waals surface area (Å²) in [6.07, 6.45) is 4.81. The summed E-state index contributed by atoms with van der Waals surface area (Å²) >= 11 is 5.86. The van der Waals surface area contributed by atoms with E-state index in [0.717, 1.165) is 31.4 Å². The molecule has 19 heavy (non-hydrogen) atoms. The molecule has 5 nitrogen and oxygen atoms in total. The number of pyridine rings is 1. The summed E-state index contributed by atoms with van der Waals surface area (Å²) in [5.74, 6) is 0. The van der Waals surface area contributed by atoms with Crippen molar-refractivity contribution in [1.82, 2.24) is 15.0 Å². The Hall–Kier alpha value is -0.690. The van der Waals surface area contributed by atoms with Gasteiger partial charge in [0.2, 0.25) is 10.0 Å². The van der Waals surface area contributed by atoms with Gasteiger partial charge < -0.3 is 5.32 Å². The van der Waals surface area contributed by atoms with Gasteiger partial charge >= 0.3 is 0 Å². The zero-order valence-corrected chi connectivity index (χ0v) is 12.4. The maximum absolute atomic E-state index is 12.2. The minimum absolute atomic E-state index is 0.00898. The second-order valence-corrected chi connectivity index (χ2v) is 6.89. The van der Waals surface area contributed by atoms with Crippen LogP contribution in [0.25, 0.3) is 0 Å². The van der Waals surface area contributed by atoms with E-state index >= 15 is 0 Å². The molecule has 1 aromatic rings. The molecule has 2 heterocycles. The third-order valence-electron chi connectivity index (χ3n) is 3.17. The largest absolute Gasteiger partial charge is 0.313 e. The maximum Gasteiger partial charge on any atom is 0.243 e. The lowest BCUT2D eigenvalue weighted by Crippen LogP contribution is -2.43. The van der Waals surface area contributed by atoms with E-state index in [1.807, 2.05) is 0 Å². The third-order valence-corrected chi connectivity index (χ3v) is 5.02. The van der Waals surface area contributed by atoms with Gasteiger partial charge in [-0.2, -0.15) is 0 Å². The SMILES string of the molecule is Cc1cnc(Cl)c(S(=O)(=O)NCC2CCCCN2)c1. The highest BCUT2D eigenvalue weighted by molar-refractivity contribution is 7.89. The first-order valence-electron chi connectivity index (χ1n) is 6.34. The predicted molar refractivity (Wildman–Crippen MR) is 74.8 cm³/mol. The molecule has 1 atom stereocenters. The van der Waals surface area contributed by atoms with E-state index in [9.17, 15) is 8.42 Å². The van der Waals surface area contributed by atoms with Gasteiger partial charge in [-0.05, 0) is 37.9 Å². The molecule has 0 amide bonds. The molecule has 1 saturated heterocycles. The molecule has 106 valence electrons. The van der Waals surface area contributed by atoms with E-state index in [2.05, 4.69) is 15.0 Å². The lowest BCUT2D eigenvalue weighted by molar-refractivity contribution is 0.398. The van der Waals surface area contributed by atoms with Crippen molar-refractivity contribution in [1.29, 1.82) is 0 Å². The summed E-state index contributed by atoms with van der Waals surface area (Å²) in [4.78, 5) is 3.92. The summed E-state index contributed by atoms with van der Waals surface area (Å²) in [6, 6.07) is 1.73. The number of aryl methyl sites for hydroxylation is 1. The molecule has 1 aromatic heterocycles. The number of rotatable bonds is 4. The number of piperidine rings is 1. The summed E-state index contributed by atoms with van der Waals surface area (Å²) in [6.45, 7) is 3.11. The molecule has 1 aliphatic heterocycles. The van der Waals surface area contributed by atoms with E-state index < -0.39 is 10.0 Å². The van der Waals surface area contributed by atoms with Crippen molar-refractivity contribution in [3.8, 4) is 0 Å². The average molecular weight is 304 g/mol. The Labute approximate surface area is 118 Å². The van der Waals surface area contributed by atoms with Crippen molar-refractivity contribution in [3.05, 3.63) is 23.0 Å². The summed E-state index contributed by atoms with van der Waals surface area (Å²) in [5.41, 5.74) is 0.764. The van der Waals surface area contributed by atoms with Gasteiger partial charge in [0.05, 0.1) is 0 Å². The minimum atomic E-state index is -3.60. The van der Waals surface area contributed by atoms with Crippen LogP contribution in [0.4, 0.5) is 0 Å². The molecular formula is C12H18ClN3O2S. The van der Waals surface area contributed by atoms with Crippen LogP contribution >= 0.6 is 11.6 Å². The second-order valence-electron chi connectivity index (χ2n) is 4.80. The van der Waals surface area contributed by atoms with Gasteiger partial charge in [-0.15, -0.1) is 0 Å². The van der Waals surface area contributed by atoms with Crippen molar-refractivity contribution >= 4 is 21.6 Å². The van der Waals surface area contributed by atoms with Crippen LogP contribution in [0, 0.1) is 6.92 Å². The van der Waals surface area contributed by atoms with E-state index in [1.165, 1.54) is 6.07 Å². The van der Waals surface area contributed by atoms with Gasteiger partial charge in [0.1, 0.15) is 10.0 Å². The van der Waals surface area contributed by atoms with E-state index in [4.69, 9.17) is 11.6 Å². The highest BCUT2D eigenvalue weighted by Gasteiger charge is 2.21. The van der Waals surface area contributed by atoms with Gasteiger partial charge in [-0.25, -0.2) is 18.1 Å². The Morgan fingerprint density at radius 3 is 3.00 bits per heavy atom. The van der Waals surface area contributed by atoms with Crippen LogP contribution in [0.5, 0.6) is 0 Å². The van der Waals surface area contributed by atoms with Gasteiger partial charge in [0, 0.05) is 18.8 Å². The molecule has 0 aliphatic carbocycles. The van der Waals surface area contributed by atoms with Crippen LogP contribution in [-0.2, 0) is 10.0 Å². The first-order chi connectivity index (χ1) is 8.99. The Balaban J connectivity index is 2.07. The molecular weight excluding hydrogens is 286 g/mol. The zero-order valence-electron chi connectivity index (χ0n) is 10.8. The molecule has 1 fully saturated rings. The van der Waals surface area contributed by atoms with Crippen molar-refractivity contribution < 1.29 is 8.42 Å². The topological polar surface area (TPSA) is 71.1 Å². The van der Waals surface area contributed by atoms with E-state index in [0.29, 0.717) is 6.54 Å². The van der Waals surface area contributed by atoms with Crippen molar-refractivity contribution in [2.45, 2.75) is 37.1 Å². The van der Waals surface area contributed by atoms with Crippen LogP contribution in [-0.4, -0.2) is 32.5 Å². The van der Waals surface area contributed by atoms with Gasteiger partial charge in [-0.1, -0.05) is 18.0 Å². The second kappa shape index (κ2) is 6.17. The Kier molecular flexibility index (Phi) is 4.78. The van der Waals surface area contributed by atoms with Crippen LogP contribution in [0.15, 0.2) is 17.2 Å². The van der Waals surface area contributed by atoms with Gasteiger partial charge in [0.15, 0.2) is 0 Å². The normalized spacial score (nSPS) is 20.4. The first kappa shape index (κ1) is 14.7. The molecule has 0 bridgehead atoms. The molecule has 0 spiro atoms. The number of sulfonamides is 1. The van der Waals surface area contributed by atoms with E-state index in [1.54, 1.807) is 13.1 Å². The molecule has 2 N–H and O–H groups in total. The Morgan fingerprint density at radius 2 is 2.32 bits per heavy atom. The smallest absolute Gasteiger partial charge is 0.243 e. The number of halogens is 1. The summed E-state index contributed by atoms with van der Waals surface area (Å²) in [5, 5.41) is 3.30. The lowest BCUT2D eigenvalue weighted by atomic mass is 10.1. The molecule has 2 rings (SSSR count). The van der Waals surface area contributed by atoms with Gasteiger partial charge in [-0.3, -0.25) is 0 Å². The lowest BCUT2D eigenvalue weighted by Gasteiger charge is -2.23. The van der Waals surface area contributed by atoms with Crippen molar-refractivity contribution in [2.24, 2.45) is 0 Å². The fourth-order valence-electron chi connectivity index (χ4n) is 2.10. The Morgan fingerprint density at radius 1 is 1.53 bits per heavy atom. The average Bonchev–Trinajstić information content (AvgIpc) is 2.40. The molecule has 0 radical (unpaired) electrons. The summed E-state index contributed by atoms with van der Waals surface area (Å²) in [7, 11) is -3.60. The van der Waals surface area contributed by atoms with E-state index in [-0.39, 0.29) is 16.1 Å². The first-order valence-corrected chi connectivity index (χ1v) is 8.20. The number of aromatic nitrogens is 1. The van der Waals surface area contributed by atoms with Crippen LogP contribution in [0.1, 0.15) is 24.8 Å². The molecule has 1 aliphatic rings. The highest BCUT2D eigenvalue weighted by Crippen LogP contribution is 2.19. The molecule has 1 unspecified atom stereocenters. The van der Waals surface area contributed by atoms with Crippen LogP contribution in [0.3, 0.4) is 0 Å². The predicted octanol–water partition coefficient (Wildman–Crippen LogP) is 1.46. The van der Waals surface area contributed by atoms with Crippen LogP contribution < -0.4 is 10.0 Å². The number of nitrogens with one attached hydrogen (secondary N) is 2. The Bertz CT molecular complexity index is 542. The minimum Gasteiger partial charge on any atom is -0.313 e. The number of hydrogen-bond donors (Lipinski definition) is 2. The fourth-order valence-corrected chi connectivity index (χ4v) is 3.70. The quantitative estimate of drug-likeness (QED) is 0.826. The molecule has 0 saturated carbocycles. The summed E-state index contributed by atoms with van der Waals surface area (Å²) < 4.78 is 27.0. The number of hydrogen-bond acceptors (Lipinski definition) is 4. The molecule has 0 aromatic carbocycles. The fraction of sp³-hybridized carbons (Fsp3) is 0.583.